The van der Waals surface area contributed by atoms with Crippen molar-refractivity contribution in [3.05, 3.63) is 41.5 Å². The van der Waals surface area contributed by atoms with E-state index in [2.05, 4.69) is 4.72 Å². The number of carbonyl (C=O) groups is 2. The van der Waals surface area contributed by atoms with Crippen LogP contribution in [0.1, 0.15) is 28.8 Å². The fourth-order valence-electron chi connectivity index (χ4n) is 3.77. The van der Waals surface area contributed by atoms with Crippen molar-refractivity contribution in [2.24, 2.45) is 5.92 Å². The fourth-order valence-corrected chi connectivity index (χ4v) is 4.89. The Morgan fingerprint density at radius 2 is 1.72 bits per heavy atom. The number of rotatable bonds is 7. The maximum Gasteiger partial charge on any atom is 0.340 e. The van der Waals surface area contributed by atoms with Gasteiger partial charge >= 0.3 is 5.97 Å². The van der Waals surface area contributed by atoms with Crippen molar-refractivity contribution in [1.82, 2.24) is 0 Å². The van der Waals surface area contributed by atoms with E-state index in [-0.39, 0.29) is 39.5 Å². The molecule has 170 valence electrons. The number of nitrogens with one attached hydrogen (secondary N) is 1. The zero-order valence-electron chi connectivity index (χ0n) is 18.0. The summed E-state index contributed by atoms with van der Waals surface area (Å²) < 4.78 is 43.9. The van der Waals surface area contributed by atoms with Crippen LogP contribution in [0.15, 0.2) is 35.2 Å². The van der Waals surface area contributed by atoms with Gasteiger partial charge in [0.1, 0.15) is 0 Å². The number of carbonyl (C=O) groups excluding carboxylic acids is 2. The molecule has 1 saturated carbocycles. The third-order valence-electron chi connectivity index (χ3n) is 5.62. The summed E-state index contributed by atoms with van der Waals surface area (Å²) in [5.41, 5.74) is 1.53. The Labute approximate surface area is 186 Å². The molecular weight excluding hydrogens is 436 g/mol. The van der Waals surface area contributed by atoms with Crippen LogP contribution in [0.4, 0.5) is 11.4 Å². The molecule has 2 aliphatic rings. The van der Waals surface area contributed by atoms with E-state index in [9.17, 15) is 18.0 Å². The maximum absolute atomic E-state index is 13.1. The quantitative estimate of drug-likeness (QED) is 0.632. The van der Waals surface area contributed by atoms with E-state index in [1.165, 1.54) is 39.5 Å². The highest BCUT2D eigenvalue weighted by Gasteiger charge is 2.36. The van der Waals surface area contributed by atoms with Crippen LogP contribution in [-0.4, -0.2) is 48.2 Å². The molecular formula is C22H24N2O7S. The zero-order valence-corrected chi connectivity index (χ0v) is 18.8. The molecule has 32 heavy (non-hydrogen) atoms. The number of fused-ring (bicyclic) bond motifs is 1. The summed E-state index contributed by atoms with van der Waals surface area (Å²) >= 11 is 0. The van der Waals surface area contributed by atoms with Crippen molar-refractivity contribution in [3.63, 3.8) is 0 Å². The SMILES string of the molecule is COC(=O)c1cc(OC)c(OC)cc1NS(=O)(=O)c1ccc2c(c1)CCN2C(=O)C1CC1. The Hall–Kier alpha value is -3.27. The maximum atomic E-state index is 13.1. The van der Waals surface area contributed by atoms with Crippen molar-refractivity contribution in [1.29, 1.82) is 0 Å². The summed E-state index contributed by atoms with van der Waals surface area (Å²) in [6, 6.07) is 7.40. The average molecular weight is 461 g/mol. The zero-order chi connectivity index (χ0) is 23.0. The van der Waals surface area contributed by atoms with Gasteiger partial charge in [-0.2, -0.15) is 0 Å². The second-order valence-corrected chi connectivity index (χ2v) is 9.34. The minimum atomic E-state index is -4.04. The highest BCUT2D eigenvalue weighted by Crippen LogP contribution is 2.38. The normalized spacial score (nSPS) is 15.2. The molecule has 1 fully saturated rings. The number of anilines is 2. The van der Waals surface area contributed by atoms with Crippen molar-refractivity contribution in [2.75, 3.05) is 37.5 Å². The molecule has 0 aromatic heterocycles. The molecule has 0 spiro atoms. The van der Waals surface area contributed by atoms with Gasteiger partial charge in [-0.05, 0) is 43.0 Å². The van der Waals surface area contributed by atoms with E-state index >= 15 is 0 Å². The molecule has 4 rings (SSSR count). The van der Waals surface area contributed by atoms with Crippen molar-refractivity contribution in [2.45, 2.75) is 24.2 Å². The van der Waals surface area contributed by atoms with Gasteiger partial charge in [0.15, 0.2) is 11.5 Å². The fraction of sp³-hybridized carbons (Fsp3) is 0.364. The third kappa shape index (κ3) is 3.97. The molecule has 9 nitrogen and oxygen atoms in total. The molecule has 1 N–H and O–H groups in total. The predicted molar refractivity (Wildman–Crippen MR) is 117 cm³/mol. The van der Waals surface area contributed by atoms with Crippen LogP contribution >= 0.6 is 0 Å². The largest absolute Gasteiger partial charge is 0.493 e. The van der Waals surface area contributed by atoms with Gasteiger partial charge in [0.25, 0.3) is 10.0 Å². The molecule has 10 heteroatoms. The Bertz CT molecular complexity index is 1190. The van der Waals surface area contributed by atoms with Gasteiger partial charge in [0.05, 0.1) is 37.5 Å². The first-order chi connectivity index (χ1) is 15.3. The van der Waals surface area contributed by atoms with E-state index in [0.29, 0.717) is 13.0 Å². The number of methoxy groups -OCH3 is 3. The van der Waals surface area contributed by atoms with E-state index < -0.39 is 16.0 Å². The highest BCUT2D eigenvalue weighted by atomic mass is 32.2. The summed E-state index contributed by atoms with van der Waals surface area (Å²) in [6.45, 7) is 0.545. The van der Waals surface area contributed by atoms with Gasteiger partial charge in [0.2, 0.25) is 5.91 Å². The van der Waals surface area contributed by atoms with Crippen LogP contribution in [0.5, 0.6) is 11.5 Å². The first-order valence-corrected chi connectivity index (χ1v) is 11.6. The predicted octanol–water partition coefficient (Wildman–Crippen LogP) is 2.59. The molecule has 0 saturated heterocycles. The molecule has 2 aromatic rings. The van der Waals surface area contributed by atoms with Gasteiger partial charge < -0.3 is 19.1 Å². The monoisotopic (exact) mass is 460 g/mol. The Morgan fingerprint density at radius 3 is 2.34 bits per heavy atom. The standard InChI is InChI=1S/C22H24N2O7S/c1-29-19-11-16(22(26)31-3)17(12-20(19)30-2)23-32(27,28)15-6-7-18-14(10-15)8-9-24(18)21(25)13-4-5-13/h6-7,10-13,23H,4-5,8-9H2,1-3H3. The summed E-state index contributed by atoms with van der Waals surface area (Å²) in [5, 5.41) is 0. The number of nitrogens with zero attached hydrogens (tertiary/aromatic N) is 1. The van der Waals surface area contributed by atoms with Gasteiger partial charge in [0, 0.05) is 30.3 Å². The number of ether oxygens (including phenoxy) is 3. The summed E-state index contributed by atoms with van der Waals surface area (Å²) in [4.78, 5) is 26.5. The summed E-state index contributed by atoms with van der Waals surface area (Å²) in [6.07, 6.45) is 2.41. The topological polar surface area (TPSA) is 111 Å². The van der Waals surface area contributed by atoms with Crippen molar-refractivity contribution < 1.29 is 32.2 Å². The number of amides is 1. The molecule has 1 heterocycles. The third-order valence-corrected chi connectivity index (χ3v) is 6.99. The first-order valence-electron chi connectivity index (χ1n) is 10.1. The van der Waals surface area contributed by atoms with Crippen molar-refractivity contribution in [3.8, 4) is 11.5 Å². The average Bonchev–Trinajstić information content (AvgIpc) is 3.56. The summed E-state index contributed by atoms with van der Waals surface area (Å²) in [7, 11) is -0.0289. The van der Waals surface area contributed by atoms with E-state index in [1.807, 2.05) is 0 Å². The highest BCUT2D eigenvalue weighted by molar-refractivity contribution is 7.92. The molecule has 2 aromatic carbocycles. The number of benzene rings is 2. The van der Waals surface area contributed by atoms with Crippen LogP contribution in [-0.2, 0) is 26.0 Å². The first kappa shape index (κ1) is 21.9. The van der Waals surface area contributed by atoms with E-state index in [0.717, 1.165) is 24.1 Å². The second-order valence-electron chi connectivity index (χ2n) is 7.65. The molecule has 1 aliphatic heterocycles. The van der Waals surface area contributed by atoms with Crippen LogP contribution in [0.2, 0.25) is 0 Å². The van der Waals surface area contributed by atoms with E-state index in [1.54, 1.807) is 17.0 Å². The lowest BCUT2D eigenvalue weighted by molar-refractivity contribution is -0.119. The minimum absolute atomic E-state index is 0.000496. The van der Waals surface area contributed by atoms with Gasteiger partial charge in [-0.1, -0.05) is 0 Å². The summed E-state index contributed by atoms with van der Waals surface area (Å²) in [5.74, 6) is -0.0278. The molecule has 0 unspecified atom stereocenters. The lowest BCUT2D eigenvalue weighted by Crippen LogP contribution is -2.30. The molecule has 1 amide bonds. The van der Waals surface area contributed by atoms with Crippen LogP contribution < -0.4 is 19.1 Å². The van der Waals surface area contributed by atoms with Gasteiger partial charge in [-0.25, -0.2) is 13.2 Å². The molecule has 1 aliphatic carbocycles. The van der Waals surface area contributed by atoms with Crippen LogP contribution in [0, 0.1) is 5.92 Å². The molecule has 0 radical (unpaired) electrons. The Balaban J connectivity index is 1.66. The van der Waals surface area contributed by atoms with Gasteiger partial charge in [-0.3, -0.25) is 9.52 Å². The smallest absolute Gasteiger partial charge is 0.340 e. The Kier molecular flexibility index (Phi) is 5.72. The Morgan fingerprint density at radius 1 is 1.03 bits per heavy atom. The second kappa shape index (κ2) is 8.34. The lowest BCUT2D eigenvalue weighted by atomic mass is 10.1. The lowest BCUT2D eigenvalue weighted by Gasteiger charge is -2.18. The number of sulfonamides is 1. The number of hydrogen-bond donors (Lipinski definition) is 1. The van der Waals surface area contributed by atoms with Gasteiger partial charge in [-0.15, -0.1) is 0 Å². The van der Waals surface area contributed by atoms with E-state index in [4.69, 9.17) is 14.2 Å². The van der Waals surface area contributed by atoms with Crippen LogP contribution in [0.3, 0.4) is 0 Å². The van der Waals surface area contributed by atoms with Crippen molar-refractivity contribution >= 4 is 33.3 Å². The molecule has 0 atom stereocenters. The molecule has 0 bridgehead atoms. The minimum Gasteiger partial charge on any atom is -0.493 e. The van der Waals surface area contributed by atoms with Crippen LogP contribution in [0.25, 0.3) is 0 Å². The number of esters is 1. The number of hydrogen-bond acceptors (Lipinski definition) is 7.